The Hall–Kier alpha value is -4.10. The largest absolute Gasteiger partial charge is 0.454 e. The molecule has 1 heterocycles. The lowest BCUT2D eigenvalue weighted by atomic mass is 10.1. The third kappa shape index (κ3) is 5.33. The van der Waals surface area contributed by atoms with E-state index in [0.717, 1.165) is 5.56 Å². The predicted octanol–water partition coefficient (Wildman–Crippen LogP) is 3.99. The topological polar surface area (TPSA) is 89.0 Å². The molecule has 0 unspecified atom stereocenters. The van der Waals surface area contributed by atoms with Gasteiger partial charge in [0.05, 0.1) is 6.21 Å². The molecule has 2 amide bonds. The molecule has 3 aromatic carbocycles. The summed E-state index contributed by atoms with van der Waals surface area (Å²) >= 11 is 5.87. The minimum Gasteiger partial charge on any atom is -0.454 e. The van der Waals surface area contributed by atoms with Crippen LogP contribution in [-0.2, 0) is 4.79 Å². The molecule has 0 radical (unpaired) electrons. The van der Waals surface area contributed by atoms with E-state index in [1.165, 1.54) is 12.3 Å². The highest BCUT2D eigenvalue weighted by Crippen LogP contribution is 2.33. The molecule has 160 valence electrons. The number of ether oxygens (including phenoxy) is 2. The van der Waals surface area contributed by atoms with Gasteiger partial charge in [0.15, 0.2) is 11.5 Å². The van der Waals surface area contributed by atoms with Crippen molar-refractivity contribution in [1.82, 2.24) is 10.7 Å². The smallest absolute Gasteiger partial charge is 0.287 e. The standard InChI is InChI=1S/C24H18ClN3O4/c25-19-9-6-16(7-10-19)14-26-28-24(30)20(27-23(29)18-4-2-1-3-5-18)12-17-8-11-21-22(13-17)32-15-31-21/h1-14H,15H2,(H,27,29)(H,28,30)/b20-12-,26-14+. The third-order valence-electron chi connectivity index (χ3n) is 4.49. The van der Waals surface area contributed by atoms with Crippen molar-refractivity contribution in [2.24, 2.45) is 5.10 Å². The van der Waals surface area contributed by atoms with Gasteiger partial charge in [0.25, 0.3) is 11.8 Å². The lowest BCUT2D eigenvalue weighted by molar-refractivity contribution is -0.117. The van der Waals surface area contributed by atoms with Crippen LogP contribution in [0.5, 0.6) is 11.5 Å². The summed E-state index contributed by atoms with van der Waals surface area (Å²) in [7, 11) is 0. The first-order valence-electron chi connectivity index (χ1n) is 9.65. The van der Waals surface area contributed by atoms with Gasteiger partial charge in [-0.15, -0.1) is 0 Å². The molecule has 3 aromatic rings. The van der Waals surface area contributed by atoms with Crippen LogP contribution in [0.2, 0.25) is 5.02 Å². The average Bonchev–Trinajstić information content (AvgIpc) is 3.28. The van der Waals surface area contributed by atoms with Crippen molar-refractivity contribution in [3.8, 4) is 11.5 Å². The van der Waals surface area contributed by atoms with Gasteiger partial charge in [0.2, 0.25) is 6.79 Å². The first kappa shape index (κ1) is 21.1. The molecule has 0 fully saturated rings. The van der Waals surface area contributed by atoms with Crippen LogP contribution in [0.15, 0.2) is 83.6 Å². The average molecular weight is 448 g/mol. The Balaban J connectivity index is 1.55. The predicted molar refractivity (Wildman–Crippen MR) is 122 cm³/mol. The third-order valence-corrected chi connectivity index (χ3v) is 4.74. The van der Waals surface area contributed by atoms with Gasteiger partial charge in [-0.1, -0.05) is 48.0 Å². The maximum Gasteiger partial charge on any atom is 0.287 e. The number of hydrogen-bond donors (Lipinski definition) is 2. The van der Waals surface area contributed by atoms with E-state index in [1.807, 2.05) is 0 Å². The van der Waals surface area contributed by atoms with Gasteiger partial charge in [-0.05, 0) is 53.6 Å². The van der Waals surface area contributed by atoms with E-state index in [0.29, 0.717) is 27.6 Å². The zero-order valence-electron chi connectivity index (χ0n) is 16.7. The Bertz CT molecular complexity index is 1190. The van der Waals surface area contributed by atoms with E-state index < -0.39 is 11.8 Å². The summed E-state index contributed by atoms with van der Waals surface area (Å²) in [5, 5.41) is 7.22. The Labute approximate surface area is 189 Å². The van der Waals surface area contributed by atoms with E-state index >= 15 is 0 Å². The fourth-order valence-corrected chi connectivity index (χ4v) is 3.01. The van der Waals surface area contributed by atoms with E-state index in [-0.39, 0.29) is 12.5 Å². The molecule has 7 nitrogen and oxygen atoms in total. The Morgan fingerprint density at radius 1 is 0.906 bits per heavy atom. The van der Waals surface area contributed by atoms with Crippen LogP contribution < -0.4 is 20.2 Å². The van der Waals surface area contributed by atoms with Crippen LogP contribution in [0.3, 0.4) is 0 Å². The maximum absolute atomic E-state index is 12.8. The minimum atomic E-state index is -0.586. The van der Waals surface area contributed by atoms with Crippen LogP contribution >= 0.6 is 11.6 Å². The molecule has 1 aliphatic rings. The van der Waals surface area contributed by atoms with Crippen LogP contribution in [0.4, 0.5) is 0 Å². The minimum absolute atomic E-state index is 0.0194. The Morgan fingerprint density at radius 2 is 1.62 bits per heavy atom. The number of carbonyl (C=O) groups is 2. The molecule has 2 N–H and O–H groups in total. The number of fused-ring (bicyclic) bond motifs is 1. The lowest BCUT2D eigenvalue weighted by Crippen LogP contribution is -2.32. The second kappa shape index (κ2) is 9.80. The SMILES string of the molecule is O=C(N/N=C/c1ccc(Cl)cc1)/C(=C/c1ccc2c(c1)OCO2)NC(=O)c1ccccc1. The van der Waals surface area contributed by atoms with E-state index in [1.54, 1.807) is 72.8 Å². The number of amides is 2. The molecule has 0 aromatic heterocycles. The molecule has 1 aliphatic heterocycles. The molecule has 0 spiro atoms. The molecule has 0 saturated heterocycles. The molecule has 0 saturated carbocycles. The summed E-state index contributed by atoms with van der Waals surface area (Å²) in [6.45, 7) is 0.139. The quantitative estimate of drug-likeness (QED) is 0.339. The molecule has 0 atom stereocenters. The lowest BCUT2D eigenvalue weighted by Gasteiger charge is -2.09. The first-order chi connectivity index (χ1) is 15.6. The van der Waals surface area contributed by atoms with Crippen LogP contribution in [0, 0.1) is 0 Å². The van der Waals surface area contributed by atoms with Crippen molar-refractivity contribution in [2.45, 2.75) is 0 Å². The van der Waals surface area contributed by atoms with Crippen LogP contribution in [-0.4, -0.2) is 24.8 Å². The summed E-state index contributed by atoms with van der Waals surface area (Å²) in [5.74, 6) is 0.175. The number of hydrogen-bond acceptors (Lipinski definition) is 5. The fourth-order valence-electron chi connectivity index (χ4n) is 2.89. The molecule has 32 heavy (non-hydrogen) atoms. The van der Waals surface area contributed by atoms with Gasteiger partial charge >= 0.3 is 0 Å². The van der Waals surface area contributed by atoms with Crippen LogP contribution in [0.25, 0.3) is 6.08 Å². The van der Waals surface area contributed by atoms with Gasteiger partial charge in [0.1, 0.15) is 5.70 Å². The summed E-state index contributed by atoms with van der Waals surface area (Å²) in [6.07, 6.45) is 3.02. The van der Waals surface area contributed by atoms with Gasteiger partial charge in [-0.25, -0.2) is 5.43 Å². The van der Waals surface area contributed by atoms with Crippen molar-refractivity contribution in [2.75, 3.05) is 6.79 Å². The number of rotatable bonds is 6. The Morgan fingerprint density at radius 3 is 2.41 bits per heavy atom. The second-order valence-corrected chi connectivity index (χ2v) is 7.18. The molecular formula is C24H18ClN3O4. The monoisotopic (exact) mass is 447 g/mol. The van der Waals surface area contributed by atoms with Gasteiger partial charge in [0, 0.05) is 10.6 Å². The maximum atomic E-state index is 12.8. The summed E-state index contributed by atoms with van der Waals surface area (Å²) in [4.78, 5) is 25.4. The van der Waals surface area contributed by atoms with E-state index in [2.05, 4.69) is 15.8 Å². The number of nitrogens with zero attached hydrogens (tertiary/aromatic N) is 1. The summed E-state index contributed by atoms with van der Waals surface area (Å²) < 4.78 is 10.7. The fraction of sp³-hybridized carbons (Fsp3) is 0.0417. The van der Waals surface area contributed by atoms with Crippen molar-refractivity contribution >= 4 is 35.7 Å². The highest BCUT2D eigenvalue weighted by molar-refractivity contribution is 6.30. The molecule has 4 rings (SSSR count). The highest BCUT2D eigenvalue weighted by Gasteiger charge is 2.16. The normalized spacial score (nSPS) is 12.6. The summed E-state index contributed by atoms with van der Waals surface area (Å²) in [5.41, 5.74) is 4.27. The molecule has 0 bridgehead atoms. The second-order valence-electron chi connectivity index (χ2n) is 6.74. The number of hydrazone groups is 1. The van der Waals surface area contributed by atoms with E-state index in [9.17, 15) is 9.59 Å². The first-order valence-corrected chi connectivity index (χ1v) is 10.0. The van der Waals surface area contributed by atoms with Gasteiger partial charge in [-0.2, -0.15) is 5.10 Å². The van der Waals surface area contributed by atoms with Gasteiger partial charge < -0.3 is 14.8 Å². The van der Waals surface area contributed by atoms with Crippen molar-refractivity contribution < 1.29 is 19.1 Å². The van der Waals surface area contributed by atoms with Crippen molar-refractivity contribution in [1.29, 1.82) is 0 Å². The Kier molecular flexibility index (Phi) is 6.48. The van der Waals surface area contributed by atoms with Crippen molar-refractivity contribution in [3.05, 3.63) is 100 Å². The zero-order chi connectivity index (χ0) is 22.3. The zero-order valence-corrected chi connectivity index (χ0v) is 17.5. The number of nitrogens with one attached hydrogen (secondary N) is 2. The van der Waals surface area contributed by atoms with E-state index in [4.69, 9.17) is 21.1 Å². The van der Waals surface area contributed by atoms with Crippen LogP contribution in [0.1, 0.15) is 21.5 Å². The van der Waals surface area contributed by atoms with Gasteiger partial charge in [-0.3, -0.25) is 9.59 Å². The molecule has 0 aliphatic carbocycles. The van der Waals surface area contributed by atoms with Crippen molar-refractivity contribution in [3.63, 3.8) is 0 Å². The highest BCUT2D eigenvalue weighted by atomic mass is 35.5. The molecule has 8 heteroatoms. The number of carbonyl (C=O) groups excluding carboxylic acids is 2. The number of benzene rings is 3. The molecular weight excluding hydrogens is 430 g/mol. The number of halogens is 1. The summed E-state index contributed by atoms with van der Waals surface area (Å²) in [6, 6.07) is 20.8.